The first kappa shape index (κ1) is 10.4. The van der Waals surface area contributed by atoms with Crippen LogP contribution in [0.15, 0.2) is 0 Å². The quantitative estimate of drug-likeness (QED) is 0.697. The minimum Gasteiger partial charge on any atom is -0.329 e. The van der Waals surface area contributed by atoms with Gasteiger partial charge in [-0.15, -0.1) is 0 Å². The van der Waals surface area contributed by atoms with Gasteiger partial charge in [-0.05, 0) is 39.3 Å². The predicted molar refractivity (Wildman–Crippen MR) is 59.3 cm³/mol. The highest BCUT2D eigenvalue weighted by molar-refractivity contribution is 4.93. The highest BCUT2D eigenvalue weighted by atomic mass is 15.3. The Morgan fingerprint density at radius 1 is 1.36 bits per heavy atom. The fourth-order valence-corrected chi connectivity index (χ4v) is 2.61. The molecule has 0 bridgehead atoms. The molecule has 3 nitrogen and oxygen atoms in total. The Balaban J connectivity index is 1.77. The first-order chi connectivity index (χ1) is 6.81. The number of hydrogen-bond donors (Lipinski definition) is 1. The van der Waals surface area contributed by atoms with Crippen molar-refractivity contribution in [2.75, 3.05) is 33.2 Å². The fraction of sp³-hybridized carbons (Fsp3) is 1.00. The monoisotopic (exact) mass is 197 g/mol. The first-order valence-corrected chi connectivity index (χ1v) is 5.95. The second-order valence-electron chi connectivity index (χ2n) is 4.82. The molecule has 0 radical (unpaired) electrons. The van der Waals surface area contributed by atoms with E-state index in [4.69, 9.17) is 5.73 Å². The average molecular weight is 197 g/mol. The second kappa shape index (κ2) is 4.60. The molecular formula is C11H23N3. The summed E-state index contributed by atoms with van der Waals surface area (Å²) in [5, 5.41) is 0. The van der Waals surface area contributed by atoms with E-state index in [0.717, 1.165) is 25.2 Å². The third-order valence-electron chi connectivity index (χ3n) is 3.47. The van der Waals surface area contributed by atoms with Gasteiger partial charge in [-0.25, -0.2) is 0 Å². The van der Waals surface area contributed by atoms with Gasteiger partial charge in [-0.2, -0.15) is 0 Å². The van der Waals surface area contributed by atoms with E-state index in [1.807, 2.05) is 0 Å². The van der Waals surface area contributed by atoms with Gasteiger partial charge in [0.05, 0.1) is 0 Å². The molecule has 1 unspecified atom stereocenters. The molecule has 0 aromatic heterocycles. The van der Waals surface area contributed by atoms with Crippen molar-refractivity contribution in [3.8, 4) is 0 Å². The molecule has 0 aromatic carbocycles. The summed E-state index contributed by atoms with van der Waals surface area (Å²) in [4.78, 5) is 5.11. The number of nitrogens with zero attached hydrogens (tertiary/aromatic N) is 2. The van der Waals surface area contributed by atoms with Crippen molar-refractivity contribution in [1.29, 1.82) is 0 Å². The molecular weight excluding hydrogens is 174 g/mol. The minimum absolute atomic E-state index is 0.784. The van der Waals surface area contributed by atoms with Gasteiger partial charge in [0.25, 0.3) is 0 Å². The van der Waals surface area contributed by atoms with Crippen LogP contribution in [-0.4, -0.2) is 55.1 Å². The van der Waals surface area contributed by atoms with Crippen molar-refractivity contribution in [2.24, 2.45) is 5.73 Å². The zero-order chi connectivity index (χ0) is 9.97. The van der Waals surface area contributed by atoms with Crippen LogP contribution in [0.25, 0.3) is 0 Å². The van der Waals surface area contributed by atoms with Crippen LogP contribution in [0.3, 0.4) is 0 Å². The molecule has 2 aliphatic rings. The van der Waals surface area contributed by atoms with Crippen molar-refractivity contribution in [2.45, 2.75) is 37.8 Å². The Bertz CT molecular complexity index is 179. The minimum atomic E-state index is 0.784. The molecule has 1 aliphatic heterocycles. The third-order valence-corrected chi connectivity index (χ3v) is 3.47. The molecule has 1 atom stereocenters. The zero-order valence-electron chi connectivity index (χ0n) is 9.28. The highest BCUT2D eigenvalue weighted by Crippen LogP contribution is 2.33. The smallest absolute Gasteiger partial charge is 0.0226 e. The van der Waals surface area contributed by atoms with Crippen LogP contribution in [0, 0.1) is 0 Å². The standard InChI is InChI=1S/C11H23N3/c1-13(8-6-12)9-11-3-2-7-14(11)10-4-5-10/h10-11H,2-9,12H2,1H3. The molecule has 2 fully saturated rings. The molecule has 2 N–H and O–H groups in total. The highest BCUT2D eigenvalue weighted by Gasteiger charge is 2.36. The Hall–Kier alpha value is -0.120. The van der Waals surface area contributed by atoms with E-state index in [9.17, 15) is 0 Å². The van der Waals surface area contributed by atoms with Crippen molar-refractivity contribution >= 4 is 0 Å². The normalized spacial score (nSPS) is 28.9. The molecule has 1 saturated carbocycles. The summed E-state index contributed by atoms with van der Waals surface area (Å²) in [7, 11) is 2.19. The summed E-state index contributed by atoms with van der Waals surface area (Å²) in [5.74, 6) is 0. The van der Waals surface area contributed by atoms with Gasteiger partial charge in [0.15, 0.2) is 0 Å². The fourth-order valence-electron chi connectivity index (χ4n) is 2.61. The second-order valence-corrected chi connectivity index (χ2v) is 4.82. The molecule has 1 heterocycles. The molecule has 1 aliphatic carbocycles. The summed E-state index contributed by atoms with van der Waals surface area (Å²) in [6.07, 6.45) is 5.68. The molecule has 0 aromatic rings. The van der Waals surface area contributed by atoms with Gasteiger partial charge in [0.2, 0.25) is 0 Å². The van der Waals surface area contributed by atoms with Crippen molar-refractivity contribution in [3.63, 3.8) is 0 Å². The summed E-state index contributed by atoms with van der Waals surface area (Å²) < 4.78 is 0. The number of rotatable bonds is 5. The summed E-state index contributed by atoms with van der Waals surface area (Å²) >= 11 is 0. The zero-order valence-corrected chi connectivity index (χ0v) is 9.28. The number of hydrogen-bond acceptors (Lipinski definition) is 3. The van der Waals surface area contributed by atoms with E-state index in [0.29, 0.717) is 0 Å². The van der Waals surface area contributed by atoms with Crippen LogP contribution >= 0.6 is 0 Å². The molecule has 2 rings (SSSR count). The third kappa shape index (κ3) is 2.47. The van der Waals surface area contributed by atoms with Crippen LogP contribution < -0.4 is 5.73 Å². The maximum absolute atomic E-state index is 5.56. The first-order valence-electron chi connectivity index (χ1n) is 5.95. The lowest BCUT2D eigenvalue weighted by atomic mass is 10.2. The van der Waals surface area contributed by atoms with Crippen LogP contribution in [-0.2, 0) is 0 Å². The van der Waals surface area contributed by atoms with Crippen LogP contribution in [0.1, 0.15) is 25.7 Å². The van der Waals surface area contributed by atoms with Gasteiger partial charge in [-0.3, -0.25) is 4.90 Å². The van der Waals surface area contributed by atoms with Gasteiger partial charge < -0.3 is 10.6 Å². The lowest BCUT2D eigenvalue weighted by molar-refractivity contribution is 0.187. The lowest BCUT2D eigenvalue weighted by Gasteiger charge is -2.28. The van der Waals surface area contributed by atoms with Crippen molar-refractivity contribution in [1.82, 2.24) is 9.80 Å². The molecule has 14 heavy (non-hydrogen) atoms. The number of likely N-dealkylation sites (tertiary alicyclic amines) is 1. The maximum atomic E-state index is 5.56. The number of likely N-dealkylation sites (N-methyl/N-ethyl adjacent to an activating group) is 1. The van der Waals surface area contributed by atoms with Crippen molar-refractivity contribution < 1.29 is 0 Å². The Morgan fingerprint density at radius 3 is 2.79 bits per heavy atom. The van der Waals surface area contributed by atoms with Crippen molar-refractivity contribution in [3.05, 3.63) is 0 Å². The van der Waals surface area contributed by atoms with E-state index in [1.165, 1.54) is 38.8 Å². The molecule has 82 valence electrons. The molecule has 0 spiro atoms. The Morgan fingerprint density at radius 2 is 2.14 bits per heavy atom. The SMILES string of the molecule is CN(CCN)CC1CCCN1C1CC1. The topological polar surface area (TPSA) is 32.5 Å². The van der Waals surface area contributed by atoms with Crippen LogP contribution in [0.4, 0.5) is 0 Å². The van der Waals surface area contributed by atoms with Gasteiger partial charge in [0, 0.05) is 31.7 Å². The Labute approximate surface area is 87.2 Å². The van der Waals surface area contributed by atoms with Crippen LogP contribution in [0.2, 0.25) is 0 Å². The summed E-state index contributed by atoms with van der Waals surface area (Å²) in [6.45, 7) is 4.38. The van der Waals surface area contributed by atoms with E-state index in [1.54, 1.807) is 0 Å². The van der Waals surface area contributed by atoms with E-state index < -0.39 is 0 Å². The lowest BCUT2D eigenvalue weighted by Crippen LogP contribution is -2.41. The van der Waals surface area contributed by atoms with E-state index in [-0.39, 0.29) is 0 Å². The largest absolute Gasteiger partial charge is 0.329 e. The molecule has 3 heteroatoms. The Kier molecular flexibility index (Phi) is 3.42. The van der Waals surface area contributed by atoms with E-state index >= 15 is 0 Å². The average Bonchev–Trinajstić information content (AvgIpc) is 2.89. The summed E-state index contributed by atoms with van der Waals surface area (Å²) in [6, 6.07) is 1.76. The number of nitrogens with two attached hydrogens (primary N) is 1. The molecule has 0 amide bonds. The predicted octanol–water partition coefficient (Wildman–Crippen LogP) is 0.504. The van der Waals surface area contributed by atoms with E-state index in [2.05, 4.69) is 16.8 Å². The summed E-state index contributed by atoms with van der Waals surface area (Å²) in [5.41, 5.74) is 5.56. The van der Waals surface area contributed by atoms with Crippen LogP contribution in [0.5, 0.6) is 0 Å². The van der Waals surface area contributed by atoms with Gasteiger partial charge in [0.1, 0.15) is 0 Å². The van der Waals surface area contributed by atoms with Gasteiger partial charge in [-0.1, -0.05) is 0 Å². The molecule has 1 saturated heterocycles. The maximum Gasteiger partial charge on any atom is 0.0226 e. The van der Waals surface area contributed by atoms with Gasteiger partial charge >= 0.3 is 0 Å².